The summed E-state index contributed by atoms with van der Waals surface area (Å²) in [6, 6.07) is 2.93. The van der Waals surface area contributed by atoms with E-state index in [4.69, 9.17) is 4.42 Å². The molecule has 0 N–H and O–H groups in total. The van der Waals surface area contributed by atoms with Crippen LogP contribution in [0.4, 0.5) is 4.39 Å². The number of nitrogens with zero attached hydrogens (tertiary/aromatic N) is 1. The normalized spacial score (nSPS) is 24.7. The smallest absolute Gasteiger partial charge is 0.289 e. The molecule has 5 heteroatoms. The van der Waals surface area contributed by atoms with Crippen LogP contribution in [0.25, 0.3) is 0 Å². The molecule has 2 atom stereocenters. The predicted molar refractivity (Wildman–Crippen MR) is 61.0 cm³/mol. The largest absolute Gasteiger partial charge is 0.444 e. The minimum Gasteiger partial charge on any atom is -0.444 e. The van der Waals surface area contributed by atoms with Gasteiger partial charge in [-0.1, -0.05) is 0 Å². The SMILES string of the molecule is CN(C(=O)c1ccc(Br)o1)[C@@H]1CCC[C@H]1F. The van der Waals surface area contributed by atoms with Gasteiger partial charge in [0.25, 0.3) is 5.91 Å². The molecule has 2 rings (SSSR count). The van der Waals surface area contributed by atoms with Crippen molar-refractivity contribution in [3.63, 3.8) is 0 Å². The number of furan rings is 1. The highest BCUT2D eigenvalue weighted by atomic mass is 79.9. The molecule has 0 spiro atoms. The Morgan fingerprint density at radius 2 is 2.31 bits per heavy atom. The van der Waals surface area contributed by atoms with E-state index in [0.717, 1.165) is 12.8 Å². The molecule has 1 aliphatic rings. The molecule has 16 heavy (non-hydrogen) atoms. The highest BCUT2D eigenvalue weighted by Crippen LogP contribution is 2.27. The molecule has 1 aliphatic carbocycles. The third-order valence-corrected chi connectivity index (χ3v) is 3.43. The van der Waals surface area contributed by atoms with Crippen LogP contribution in [0.2, 0.25) is 0 Å². The van der Waals surface area contributed by atoms with E-state index in [9.17, 15) is 9.18 Å². The molecule has 0 radical (unpaired) electrons. The first-order chi connectivity index (χ1) is 7.59. The van der Waals surface area contributed by atoms with Crippen LogP contribution in [0.3, 0.4) is 0 Å². The second kappa shape index (κ2) is 4.57. The van der Waals surface area contributed by atoms with Gasteiger partial charge in [0.1, 0.15) is 6.17 Å². The van der Waals surface area contributed by atoms with Crippen molar-refractivity contribution in [2.45, 2.75) is 31.5 Å². The van der Waals surface area contributed by atoms with Crippen molar-refractivity contribution < 1.29 is 13.6 Å². The number of rotatable bonds is 2. The van der Waals surface area contributed by atoms with Crippen molar-refractivity contribution in [3.05, 3.63) is 22.6 Å². The van der Waals surface area contributed by atoms with E-state index < -0.39 is 6.17 Å². The Balaban J connectivity index is 2.10. The van der Waals surface area contributed by atoms with Gasteiger partial charge in [-0.05, 0) is 47.3 Å². The molecule has 1 aromatic rings. The first-order valence-corrected chi connectivity index (χ1v) is 6.05. The molecular weight excluding hydrogens is 277 g/mol. The highest BCUT2D eigenvalue weighted by Gasteiger charge is 2.33. The van der Waals surface area contributed by atoms with E-state index in [0.29, 0.717) is 11.1 Å². The van der Waals surface area contributed by atoms with Gasteiger partial charge in [-0.3, -0.25) is 4.79 Å². The van der Waals surface area contributed by atoms with E-state index in [1.54, 1.807) is 19.2 Å². The molecule has 1 fully saturated rings. The Kier molecular flexibility index (Phi) is 3.33. The minimum atomic E-state index is -0.910. The van der Waals surface area contributed by atoms with Crippen molar-refractivity contribution in [1.82, 2.24) is 4.90 Å². The van der Waals surface area contributed by atoms with Crippen LogP contribution in [0.15, 0.2) is 21.2 Å². The van der Waals surface area contributed by atoms with Crippen LogP contribution in [-0.2, 0) is 0 Å². The summed E-state index contributed by atoms with van der Waals surface area (Å²) in [4.78, 5) is 13.4. The second-order valence-corrected chi connectivity index (χ2v) is 4.82. The standard InChI is InChI=1S/C11H13BrFNO2/c1-14(8-4-2-3-7(8)13)11(15)9-5-6-10(12)16-9/h5-8H,2-4H2,1H3/t7-,8-/m1/s1. The van der Waals surface area contributed by atoms with Crippen molar-refractivity contribution in [2.75, 3.05) is 7.05 Å². The number of alkyl halides is 1. The van der Waals surface area contributed by atoms with Crippen molar-refractivity contribution >= 4 is 21.8 Å². The third kappa shape index (κ3) is 2.14. The van der Waals surface area contributed by atoms with Gasteiger partial charge >= 0.3 is 0 Å². The van der Waals surface area contributed by atoms with Crippen molar-refractivity contribution in [1.29, 1.82) is 0 Å². The molecule has 1 saturated carbocycles. The zero-order valence-electron chi connectivity index (χ0n) is 8.95. The summed E-state index contributed by atoms with van der Waals surface area (Å²) in [7, 11) is 1.63. The number of carbonyl (C=O) groups excluding carboxylic acids is 1. The van der Waals surface area contributed by atoms with Crippen LogP contribution < -0.4 is 0 Å². The Bertz CT molecular complexity index is 393. The Hall–Kier alpha value is -0.840. The fourth-order valence-electron chi connectivity index (χ4n) is 2.09. The predicted octanol–water partition coefficient (Wildman–Crippen LogP) is 3.00. The summed E-state index contributed by atoms with van der Waals surface area (Å²) in [5.41, 5.74) is 0. The fourth-order valence-corrected chi connectivity index (χ4v) is 2.39. The maximum atomic E-state index is 13.5. The van der Waals surface area contributed by atoms with Gasteiger partial charge in [0.05, 0.1) is 6.04 Å². The quantitative estimate of drug-likeness (QED) is 0.839. The first-order valence-electron chi connectivity index (χ1n) is 5.26. The number of halogens is 2. The lowest BCUT2D eigenvalue weighted by Crippen LogP contribution is -2.40. The van der Waals surface area contributed by atoms with Gasteiger partial charge in [-0.2, -0.15) is 0 Å². The number of carbonyl (C=O) groups is 1. The van der Waals surface area contributed by atoms with Gasteiger partial charge in [0, 0.05) is 7.05 Å². The van der Waals surface area contributed by atoms with E-state index in [1.807, 2.05) is 0 Å². The second-order valence-electron chi connectivity index (χ2n) is 4.03. The average Bonchev–Trinajstić information content (AvgIpc) is 2.85. The molecule has 1 heterocycles. The summed E-state index contributed by atoms with van der Waals surface area (Å²) in [6.07, 6.45) is 1.20. The molecule has 1 amide bonds. The third-order valence-electron chi connectivity index (χ3n) is 3.00. The van der Waals surface area contributed by atoms with E-state index >= 15 is 0 Å². The Labute approximate surface area is 102 Å². The Morgan fingerprint density at radius 1 is 1.56 bits per heavy atom. The van der Waals surface area contributed by atoms with E-state index in [1.165, 1.54) is 4.90 Å². The summed E-state index contributed by atoms with van der Waals surface area (Å²) in [6.45, 7) is 0. The lowest BCUT2D eigenvalue weighted by atomic mass is 10.2. The van der Waals surface area contributed by atoms with Crippen LogP contribution in [-0.4, -0.2) is 30.1 Å². The van der Waals surface area contributed by atoms with Gasteiger partial charge in [0.2, 0.25) is 0 Å². The molecule has 88 valence electrons. The topological polar surface area (TPSA) is 33.5 Å². The molecule has 0 aliphatic heterocycles. The van der Waals surface area contributed by atoms with Crippen molar-refractivity contribution in [3.8, 4) is 0 Å². The molecular formula is C11H13BrFNO2. The lowest BCUT2D eigenvalue weighted by molar-refractivity contribution is 0.0634. The minimum absolute atomic E-state index is 0.244. The van der Waals surface area contributed by atoms with Gasteiger partial charge < -0.3 is 9.32 Å². The average molecular weight is 290 g/mol. The number of amides is 1. The van der Waals surface area contributed by atoms with Crippen LogP contribution in [0.5, 0.6) is 0 Å². The number of hydrogen-bond acceptors (Lipinski definition) is 2. The van der Waals surface area contributed by atoms with E-state index in [-0.39, 0.29) is 17.7 Å². The Morgan fingerprint density at radius 3 is 2.81 bits per heavy atom. The lowest BCUT2D eigenvalue weighted by Gasteiger charge is -2.25. The molecule has 0 aromatic carbocycles. The zero-order valence-corrected chi connectivity index (χ0v) is 10.5. The first kappa shape index (κ1) is 11.6. The number of hydrogen-bond donors (Lipinski definition) is 0. The maximum Gasteiger partial charge on any atom is 0.289 e. The summed E-state index contributed by atoms with van der Waals surface area (Å²) >= 11 is 3.13. The summed E-state index contributed by atoms with van der Waals surface area (Å²) in [5, 5.41) is 0. The monoisotopic (exact) mass is 289 g/mol. The van der Waals surface area contributed by atoms with Crippen LogP contribution in [0, 0.1) is 0 Å². The van der Waals surface area contributed by atoms with Gasteiger partial charge in [0.15, 0.2) is 10.4 Å². The molecule has 0 bridgehead atoms. The summed E-state index contributed by atoms with van der Waals surface area (Å²) < 4.78 is 19.2. The van der Waals surface area contributed by atoms with E-state index in [2.05, 4.69) is 15.9 Å². The van der Waals surface area contributed by atoms with Crippen LogP contribution in [0.1, 0.15) is 29.8 Å². The zero-order chi connectivity index (χ0) is 11.7. The molecule has 0 saturated heterocycles. The highest BCUT2D eigenvalue weighted by molar-refractivity contribution is 9.10. The van der Waals surface area contributed by atoms with Crippen molar-refractivity contribution in [2.24, 2.45) is 0 Å². The van der Waals surface area contributed by atoms with Gasteiger partial charge in [-0.15, -0.1) is 0 Å². The van der Waals surface area contributed by atoms with Gasteiger partial charge in [-0.25, -0.2) is 4.39 Å². The fraction of sp³-hybridized carbons (Fsp3) is 0.545. The summed E-state index contributed by atoms with van der Waals surface area (Å²) in [5.74, 6) is -0.0197. The molecule has 3 nitrogen and oxygen atoms in total. The molecule has 0 unspecified atom stereocenters. The van der Waals surface area contributed by atoms with Crippen LogP contribution >= 0.6 is 15.9 Å². The maximum absolute atomic E-state index is 13.5. The molecule has 1 aromatic heterocycles.